The number of benzene rings is 2. The topological polar surface area (TPSA) is 49.4 Å². The lowest BCUT2D eigenvalue weighted by Gasteiger charge is -2.16. The van der Waals surface area contributed by atoms with Crippen molar-refractivity contribution in [1.29, 1.82) is 0 Å². The van der Waals surface area contributed by atoms with E-state index in [1.807, 2.05) is 6.92 Å². The van der Waals surface area contributed by atoms with Crippen LogP contribution in [0.3, 0.4) is 0 Å². The Kier molecular flexibility index (Phi) is 5.51. The molecule has 0 radical (unpaired) electrons. The largest absolute Gasteiger partial charge is 0.306 e. The zero-order chi connectivity index (χ0) is 17.0. The van der Waals surface area contributed by atoms with Gasteiger partial charge in [0.05, 0.1) is 4.90 Å². The van der Waals surface area contributed by atoms with E-state index in [1.54, 1.807) is 36.4 Å². The summed E-state index contributed by atoms with van der Waals surface area (Å²) < 4.78 is 38.1. The van der Waals surface area contributed by atoms with Gasteiger partial charge in [-0.1, -0.05) is 24.3 Å². The Labute approximate surface area is 137 Å². The third-order valence-corrected chi connectivity index (χ3v) is 5.51. The van der Waals surface area contributed by atoms with Crippen molar-refractivity contribution >= 4 is 10.0 Å². The van der Waals surface area contributed by atoms with Gasteiger partial charge < -0.3 is 5.32 Å². The molecule has 0 amide bonds. The summed E-state index contributed by atoms with van der Waals surface area (Å²) in [6, 6.07) is 13.2. The number of rotatable bonds is 6. The summed E-state index contributed by atoms with van der Waals surface area (Å²) in [6.07, 6.45) is 0. The summed E-state index contributed by atoms with van der Waals surface area (Å²) in [6.45, 7) is 2.61. The van der Waals surface area contributed by atoms with E-state index >= 15 is 0 Å². The second-order valence-electron chi connectivity index (χ2n) is 5.59. The fourth-order valence-electron chi connectivity index (χ4n) is 2.13. The Morgan fingerprint density at radius 1 is 1.04 bits per heavy atom. The molecule has 6 heteroatoms. The molecule has 2 rings (SSSR count). The average Bonchev–Trinajstić information content (AvgIpc) is 2.54. The molecule has 0 saturated carbocycles. The molecule has 1 N–H and O–H groups in total. The van der Waals surface area contributed by atoms with Crippen molar-refractivity contribution < 1.29 is 12.8 Å². The molecule has 0 spiro atoms. The van der Waals surface area contributed by atoms with E-state index < -0.39 is 10.0 Å². The fourth-order valence-corrected chi connectivity index (χ4v) is 3.03. The van der Waals surface area contributed by atoms with E-state index in [2.05, 4.69) is 5.32 Å². The fraction of sp³-hybridized carbons (Fsp3) is 0.294. The lowest BCUT2D eigenvalue weighted by molar-refractivity contribution is 0.520. The first-order chi connectivity index (χ1) is 10.8. The smallest absolute Gasteiger partial charge is 0.242 e. The van der Waals surface area contributed by atoms with E-state index in [4.69, 9.17) is 0 Å². The van der Waals surface area contributed by atoms with Gasteiger partial charge in [-0.2, -0.15) is 0 Å². The van der Waals surface area contributed by atoms with Crippen LogP contribution in [0.5, 0.6) is 0 Å². The molecule has 1 unspecified atom stereocenters. The summed E-state index contributed by atoms with van der Waals surface area (Å²) >= 11 is 0. The molecule has 0 heterocycles. The van der Waals surface area contributed by atoms with Gasteiger partial charge in [0.1, 0.15) is 5.82 Å². The van der Waals surface area contributed by atoms with Gasteiger partial charge in [-0.3, -0.25) is 0 Å². The van der Waals surface area contributed by atoms with Crippen molar-refractivity contribution in [1.82, 2.24) is 9.62 Å². The Bertz CT molecular complexity index is 741. The second-order valence-corrected chi connectivity index (χ2v) is 7.74. The monoisotopic (exact) mass is 336 g/mol. The summed E-state index contributed by atoms with van der Waals surface area (Å²) in [7, 11) is -0.381. The quantitative estimate of drug-likeness (QED) is 0.882. The predicted molar refractivity (Wildman–Crippen MR) is 89.0 cm³/mol. The van der Waals surface area contributed by atoms with Crippen molar-refractivity contribution in [2.45, 2.75) is 24.4 Å². The molecule has 1 atom stereocenters. The minimum absolute atomic E-state index is 0.0520. The van der Waals surface area contributed by atoms with Crippen LogP contribution in [0.4, 0.5) is 4.39 Å². The normalized spacial score (nSPS) is 13.3. The lowest BCUT2D eigenvalue weighted by atomic mass is 10.1. The number of sulfonamides is 1. The van der Waals surface area contributed by atoms with Crippen LogP contribution in [0, 0.1) is 5.82 Å². The first-order valence-electron chi connectivity index (χ1n) is 7.31. The zero-order valence-corrected chi connectivity index (χ0v) is 14.3. The van der Waals surface area contributed by atoms with E-state index in [9.17, 15) is 12.8 Å². The van der Waals surface area contributed by atoms with Crippen LogP contribution in [-0.4, -0.2) is 26.8 Å². The highest BCUT2D eigenvalue weighted by Crippen LogP contribution is 2.18. The van der Waals surface area contributed by atoms with Crippen molar-refractivity contribution in [3.63, 3.8) is 0 Å². The van der Waals surface area contributed by atoms with Crippen LogP contribution in [-0.2, 0) is 16.6 Å². The summed E-state index contributed by atoms with van der Waals surface area (Å²) in [5, 5.41) is 3.33. The van der Waals surface area contributed by atoms with Gasteiger partial charge in [-0.05, 0) is 42.3 Å². The standard InChI is InChI=1S/C17H21FN2O2S/c1-13(19-12-14-4-8-16(18)9-5-14)15-6-10-17(11-7-15)23(21,22)20(2)3/h4-11,13,19H,12H2,1-3H3. The van der Waals surface area contributed by atoms with E-state index in [-0.39, 0.29) is 16.8 Å². The van der Waals surface area contributed by atoms with Crippen molar-refractivity contribution in [2.75, 3.05) is 14.1 Å². The number of halogens is 1. The molecule has 0 fully saturated rings. The number of hydrogen-bond donors (Lipinski definition) is 1. The molecule has 0 aliphatic rings. The Balaban J connectivity index is 2.03. The highest BCUT2D eigenvalue weighted by Gasteiger charge is 2.17. The molecule has 4 nitrogen and oxygen atoms in total. The highest BCUT2D eigenvalue weighted by atomic mass is 32.2. The maximum atomic E-state index is 12.9. The van der Waals surface area contributed by atoms with Gasteiger partial charge in [-0.15, -0.1) is 0 Å². The zero-order valence-electron chi connectivity index (χ0n) is 13.5. The summed E-state index contributed by atoms with van der Waals surface area (Å²) in [5.74, 6) is -0.250. The van der Waals surface area contributed by atoms with Crippen molar-refractivity contribution in [3.05, 3.63) is 65.5 Å². The minimum atomic E-state index is -3.40. The van der Waals surface area contributed by atoms with E-state index in [0.29, 0.717) is 6.54 Å². The summed E-state index contributed by atoms with van der Waals surface area (Å²) in [5.41, 5.74) is 1.98. The number of nitrogens with zero attached hydrogens (tertiary/aromatic N) is 1. The van der Waals surface area contributed by atoms with Gasteiger partial charge in [0.2, 0.25) is 10.0 Å². The molecule has 23 heavy (non-hydrogen) atoms. The first kappa shape index (κ1) is 17.6. The highest BCUT2D eigenvalue weighted by molar-refractivity contribution is 7.89. The van der Waals surface area contributed by atoms with Crippen LogP contribution in [0.1, 0.15) is 24.1 Å². The maximum Gasteiger partial charge on any atom is 0.242 e. The molecular weight excluding hydrogens is 315 g/mol. The van der Waals surface area contributed by atoms with Crippen LogP contribution < -0.4 is 5.32 Å². The maximum absolute atomic E-state index is 12.9. The molecule has 2 aromatic rings. The molecule has 0 aliphatic heterocycles. The first-order valence-corrected chi connectivity index (χ1v) is 8.75. The lowest BCUT2D eigenvalue weighted by Crippen LogP contribution is -2.22. The van der Waals surface area contributed by atoms with Crippen molar-refractivity contribution in [2.24, 2.45) is 0 Å². The molecule has 124 valence electrons. The van der Waals surface area contributed by atoms with Gasteiger partial charge in [0.15, 0.2) is 0 Å². The number of hydrogen-bond acceptors (Lipinski definition) is 3. The van der Waals surface area contributed by atoms with Gasteiger partial charge in [-0.25, -0.2) is 17.1 Å². The van der Waals surface area contributed by atoms with E-state index in [0.717, 1.165) is 11.1 Å². The molecule has 0 saturated heterocycles. The van der Waals surface area contributed by atoms with Crippen LogP contribution in [0.25, 0.3) is 0 Å². The van der Waals surface area contributed by atoms with Gasteiger partial charge in [0.25, 0.3) is 0 Å². The average molecular weight is 336 g/mol. The third kappa shape index (κ3) is 4.37. The number of nitrogens with one attached hydrogen (secondary N) is 1. The Morgan fingerprint density at radius 3 is 2.13 bits per heavy atom. The van der Waals surface area contributed by atoms with Crippen LogP contribution in [0.15, 0.2) is 53.4 Å². The van der Waals surface area contributed by atoms with Crippen molar-refractivity contribution in [3.8, 4) is 0 Å². The second kappa shape index (κ2) is 7.21. The summed E-state index contributed by atoms with van der Waals surface area (Å²) in [4.78, 5) is 0.275. The molecule has 0 bridgehead atoms. The predicted octanol–water partition coefficient (Wildman–Crippen LogP) is 2.93. The van der Waals surface area contributed by atoms with Crippen LogP contribution in [0.2, 0.25) is 0 Å². The van der Waals surface area contributed by atoms with Gasteiger partial charge in [0, 0.05) is 26.7 Å². The Hall–Kier alpha value is -1.76. The minimum Gasteiger partial charge on any atom is -0.306 e. The molecule has 0 aliphatic carbocycles. The Morgan fingerprint density at radius 2 is 1.61 bits per heavy atom. The van der Waals surface area contributed by atoms with Gasteiger partial charge >= 0.3 is 0 Å². The third-order valence-electron chi connectivity index (χ3n) is 3.68. The van der Waals surface area contributed by atoms with E-state index in [1.165, 1.54) is 30.5 Å². The van der Waals surface area contributed by atoms with Crippen LogP contribution >= 0.6 is 0 Å². The SMILES string of the molecule is CC(NCc1ccc(F)cc1)c1ccc(S(=O)(=O)N(C)C)cc1. The molecular formula is C17H21FN2O2S. The molecule has 2 aromatic carbocycles. The molecule has 0 aromatic heterocycles.